The minimum Gasteiger partial charge on any atom is -0.342 e. The van der Waals surface area contributed by atoms with Gasteiger partial charge in [-0.05, 0) is 47.9 Å². The van der Waals surface area contributed by atoms with E-state index in [4.69, 9.17) is 0 Å². The Labute approximate surface area is 166 Å². The molecule has 4 nitrogen and oxygen atoms in total. The van der Waals surface area contributed by atoms with E-state index in [0.29, 0.717) is 18.0 Å². The smallest absolute Gasteiger partial charge is 0.254 e. The van der Waals surface area contributed by atoms with Crippen molar-refractivity contribution in [2.24, 2.45) is 5.92 Å². The van der Waals surface area contributed by atoms with E-state index in [0.717, 1.165) is 43.5 Å². The quantitative estimate of drug-likeness (QED) is 0.762. The molecule has 5 rings (SSSR count). The van der Waals surface area contributed by atoms with Gasteiger partial charge in [0.25, 0.3) is 5.91 Å². The van der Waals surface area contributed by atoms with Crippen molar-refractivity contribution in [1.82, 2.24) is 9.80 Å². The zero-order chi connectivity index (χ0) is 19.3. The number of fused-ring (bicyclic) bond motifs is 4. The number of hydrogen-bond donors (Lipinski definition) is 0. The summed E-state index contributed by atoms with van der Waals surface area (Å²) < 4.78 is 0. The fraction of sp³-hybridized carbons (Fsp3) is 0.417. The first kappa shape index (κ1) is 17.5. The maximum atomic E-state index is 13.8. The molecule has 0 aliphatic carbocycles. The van der Waals surface area contributed by atoms with Gasteiger partial charge in [0.2, 0.25) is 5.91 Å². The third kappa shape index (κ3) is 2.66. The van der Waals surface area contributed by atoms with Crippen LogP contribution in [-0.4, -0.2) is 41.2 Å². The Kier molecular flexibility index (Phi) is 4.22. The normalized spacial score (nSPS) is 24.4. The summed E-state index contributed by atoms with van der Waals surface area (Å²) in [5.74, 6) is 0.602. The molecule has 2 amide bonds. The number of benzene rings is 2. The summed E-state index contributed by atoms with van der Waals surface area (Å²) in [6.07, 6.45) is 2.97. The van der Waals surface area contributed by atoms with E-state index in [1.807, 2.05) is 40.1 Å². The van der Waals surface area contributed by atoms with Gasteiger partial charge in [-0.3, -0.25) is 9.59 Å². The van der Waals surface area contributed by atoms with Crippen LogP contribution in [0.25, 0.3) is 0 Å². The fourth-order valence-corrected chi connectivity index (χ4v) is 5.17. The van der Waals surface area contributed by atoms with E-state index in [9.17, 15) is 9.59 Å². The van der Waals surface area contributed by atoms with Gasteiger partial charge >= 0.3 is 0 Å². The molecule has 2 atom stereocenters. The maximum Gasteiger partial charge on any atom is 0.254 e. The van der Waals surface area contributed by atoms with Crippen molar-refractivity contribution in [3.63, 3.8) is 0 Å². The Balaban J connectivity index is 1.63. The lowest BCUT2D eigenvalue weighted by atomic mass is 9.75. The molecule has 2 aromatic carbocycles. The minimum atomic E-state index is -0.316. The minimum absolute atomic E-state index is 0.0615. The summed E-state index contributed by atoms with van der Waals surface area (Å²) >= 11 is 0. The summed E-state index contributed by atoms with van der Waals surface area (Å²) in [4.78, 5) is 31.0. The summed E-state index contributed by atoms with van der Waals surface area (Å²) in [5, 5.41) is 0. The maximum absolute atomic E-state index is 13.8. The predicted octanol–water partition coefficient (Wildman–Crippen LogP) is 3.78. The van der Waals surface area contributed by atoms with E-state index >= 15 is 0 Å². The van der Waals surface area contributed by atoms with E-state index in [2.05, 4.69) is 25.1 Å². The van der Waals surface area contributed by atoms with Crippen LogP contribution in [0, 0.1) is 5.92 Å². The number of amides is 2. The summed E-state index contributed by atoms with van der Waals surface area (Å²) in [7, 11) is 0. The van der Waals surface area contributed by atoms with E-state index in [1.54, 1.807) is 0 Å². The highest BCUT2D eigenvalue weighted by Gasteiger charge is 2.47. The number of hydrogen-bond acceptors (Lipinski definition) is 2. The van der Waals surface area contributed by atoms with Gasteiger partial charge in [0, 0.05) is 25.2 Å². The standard InChI is InChI=1S/C24H26N2O2/c1-16-10-13-25(14-11-16)24(28)21-19-8-4-5-9-20(19)23(27)26-15-12-17-6-2-3-7-18(17)22(21)26/h2-9,16,21-22H,10-15H2,1H3/t21-,22+/m1/s1. The molecule has 0 aromatic heterocycles. The molecule has 1 saturated heterocycles. The first-order valence-corrected chi connectivity index (χ1v) is 10.4. The molecular formula is C24H26N2O2. The molecule has 0 N–H and O–H groups in total. The van der Waals surface area contributed by atoms with Crippen LogP contribution in [0.2, 0.25) is 0 Å². The summed E-state index contributed by atoms with van der Waals surface area (Å²) in [6.45, 7) is 4.58. The second kappa shape index (κ2) is 6.77. The van der Waals surface area contributed by atoms with Crippen LogP contribution in [-0.2, 0) is 11.2 Å². The largest absolute Gasteiger partial charge is 0.342 e. The van der Waals surface area contributed by atoms with Crippen LogP contribution < -0.4 is 0 Å². The van der Waals surface area contributed by atoms with Crippen molar-refractivity contribution in [3.05, 3.63) is 70.8 Å². The lowest BCUT2D eigenvalue weighted by Gasteiger charge is -2.46. The van der Waals surface area contributed by atoms with Gasteiger partial charge in [-0.25, -0.2) is 0 Å². The number of rotatable bonds is 1. The molecule has 3 aliphatic rings. The van der Waals surface area contributed by atoms with Gasteiger partial charge in [0.1, 0.15) is 0 Å². The summed E-state index contributed by atoms with van der Waals surface area (Å²) in [6, 6.07) is 15.8. The lowest BCUT2D eigenvalue weighted by molar-refractivity contribution is -0.136. The number of piperidine rings is 1. The van der Waals surface area contributed by atoms with Crippen molar-refractivity contribution in [2.45, 2.75) is 38.1 Å². The van der Waals surface area contributed by atoms with E-state index in [-0.39, 0.29) is 23.8 Å². The van der Waals surface area contributed by atoms with Crippen LogP contribution in [0.3, 0.4) is 0 Å². The number of likely N-dealkylation sites (tertiary alicyclic amines) is 1. The van der Waals surface area contributed by atoms with Crippen LogP contribution in [0.4, 0.5) is 0 Å². The average molecular weight is 374 g/mol. The molecular weight excluding hydrogens is 348 g/mol. The van der Waals surface area contributed by atoms with Gasteiger partial charge in [0.05, 0.1) is 12.0 Å². The third-order valence-electron chi connectivity index (χ3n) is 6.80. The van der Waals surface area contributed by atoms with Crippen LogP contribution in [0.15, 0.2) is 48.5 Å². The van der Waals surface area contributed by atoms with Gasteiger partial charge in [-0.1, -0.05) is 49.4 Å². The molecule has 144 valence electrons. The van der Waals surface area contributed by atoms with Gasteiger partial charge in [0.15, 0.2) is 0 Å². The average Bonchev–Trinajstić information content (AvgIpc) is 2.74. The molecule has 28 heavy (non-hydrogen) atoms. The zero-order valence-corrected chi connectivity index (χ0v) is 16.3. The molecule has 0 bridgehead atoms. The fourth-order valence-electron chi connectivity index (χ4n) is 5.17. The number of nitrogens with zero attached hydrogens (tertiary/aromatic N) is 2. The molecule has 0 saturated carbocycles. The van der Waals surface area contributed by atoms with Crippen LogP contribution >= 0.6 is 0 Å². The second-order valence-electron chi connectivity index (χ2n) is 8.46. The van der Waals surface area contributed by atoms with Gasteiger partial charge in [-0.15, -0.1) is 0 Å². The second-order valence-corrected chi connectivity index (χ2v) is 8.46. The molecule has 1 fully saturated rings. The molecule has 2 aromatic rings. The van der Waals surface area contributed by atoms with Crippen molar-refractivity contribution >= 4 is 11.8 Å². The molecule has 3 aliphatic heterocycles. The Morgan fingerprint density at radius 3 is 2.39 bits per heavy atom. The Bertz CT molecular complexity index is 930. The Hall–Kier alpha value is -2.62. The molecule has 0 unspecified atom stereocenters. The lowest BCUT2D eigenvalue weighted by Crippen LogP contribution is -2.51. The van der Waals surface area contributed by atoms with E-state index in [1.165, 1.54) is 5.56 Å². The van der Waals surface area contributed by atoms with Crippen molar-refractivity contribution in [3.8, 4) is 0 Å². The third-order valence-corrected chi connectivity index (χ3v) is 6.80. The topological polar surface area (TPSA) is 40.6 Å². The Morgan fingerprint density at radius 2 is 1.61 bits per heavy atom. The van der Waals surface area contributed by atoms with Crippen molar-refractivity contribution in [1.29, 1.82) is 0 Å². The number of carbonyl (C=O) groups is 2. The molecule has 0 radical (unpaired) electrons. The zero-order valence-electron chi connectivity index (χ0n) is 16.3. The van der Waals surface area contributed by atoms with Gasteiger partial charge in [-0.2, -0.15) is 0 Å². The highest BCUT2D eigenvalue weighted by Crippen LogP contribution is 2.46. The molecule has 3 heterocycles. The molecule has 0 spiro atoms. The highest BCUT2D eigenvalue weighted by molar-refractivity contribution is 6.01. The first-order chi connectivity index (χ1) is 13.6. The Morgan fingerprint density at radius 1 is 0.929 bits per heavy atom. The SMILES string of the molecule is CC1CCN(C(=O)[C@@H]2c3ccccc3C(=O)N3CCc4ccccc4[C@@H]23)CC1. The van der Waals surface area contributed by atoms with Crippen LogP contribution in [0.5, 0.6) is 0 Å². The van der Waals surface area contributed by atoms with Crippen molar-refractivity contribution < 1.29 is 9.59 Å². The monoisotopic (exact) mass is 374 g/mol. The number of carbonyl (C=O) groups excluding carboxylic acids is 2. The van der Waals surface area contributed by atoms with Crippen LogP contribution in [0.1, 0.15) is 58.8 Å². The van der Waals surface area contributed by atoms with Crippen molar-refractivity contribution in [2.75, 3.05) is 19.6 Å². The molecule has 4 heteroatoms. The summed E-state index contributed by atoms with van der Waals surface area (Å²) in [5.41, 5.74) is 4.00. The predicted molar refractivity (Wildman–Crippen MR) is 108 cm³/mol. The highest BCUT2D eigenvalue weighted by atomic mass is 16.2. The van der Waals surface area contributed by atoms with E-state index < -0.39 is 0 Å². The first-order valence-electron chi connectivity index (χ1n) is 10.4. The van der Waals surface area contributed by atoms with Gasteiger partial charge < -0.3 is 9.80 Å².